The lowest BCUT2D eigenvalue weighted by Crippen LogP contribution is -2.45. The largest absolute Gasteiger partial charge is 0.345 e. The van der Waals surface area contributed by atoms with E-state index >= 15 is 0 Å². The molecular formula is C15H18F2N2O2. The number of anilines is 1. The van der Waals surface area contributed by atoms with Crippen molar-refractivity contribution >= 4 is 17.5 Å². The van der Waals surface area contributed by atoms with Gasteiger partial charge in [0.15, 0.2) is 0 Å². The standard InChI is InChI=1S/C15H18F2N2O2/c1-9-4-2-3-5-12(9)18-14(20)15(21)19-13-7-6-10(16)8-11(13)17/h6-9,12H,2-5H2,1H3,(H,18,20)(H,19,21)/t9-,12+/m1/s1. The summed E-state index contributed by atoms with van der Waals surface area (Å²) in [6, 6.07) is 2.71. The van der Waals surface area contributed by atoms with E-state index in [4.69, 9.17) is 0 Å². The molecule has 0 unspecified atom stereocenters. The number of hydrogen-bond donors (Lipinski definition) is 2. The minimum atomic E-state index is -0.946. The second-order valence-corrected chi connectivity index (χ2v) is 5.42. The van der Waals surface area contributed by atoms with Crippen molar-refractivity contribution in [2.24, 2.45) is 5.92 Å². The Bertz CT molecular complexity index is 548. The molecule has 2 amide bonds. The predicted octanol–water partition coefficient (Wildman–Crippen LogP) is 2.60. The lowest BCUT2D eigenvalue weighted by Gasteiger charge is -2.29. The van der Waals surface area contributed by atoms with E-state index in [1.165, 1.54) is 0 Å². The highest BCUT2D eigenvalue weighted by Crippen LogP contribution is 2.23. The molecule has 1 fully saturated rings. The van der Waals surface area contributed by atoms with Crippen molar-refractivity contribution < 1.29 is 18.4 Å². The first-order valence-electron chi connectivity index (χ1n) is 7.04. The molecule has 0 radical (unpaired) electrons. The average molecular weight is 296 g/mol. The molecule has 2 atom stereocenters. The Hall–Kier alpha value is -1.98. The average Bonchev–Trinajstić information content (AvgIpc) is 2.44. The van der Waals surface area contributed by atoms with Gasteiger partial charge in [0.2, 0.25) is 0 Å². The topological polar surface area (TPSA) is 58.2 Å². The van der Waals surface area contributed by atoms with Crippen molar-refractivity contribution in [2.75, 3.05) is 5.32 Å². The molecule has 0 heterocycles. The highest BCUT2D eigenvalue weighted by Gasteiger charge is 2.25. The molecule has 1 aromatic rings. The van der Waals surface area contributed by atoms with Gasteiger partial charge in [-0.3, -0.25) is 9.59 Å². The summed E-state index contributed by atoms with van der Waals surface area (Å²) in [5.74, 6) is -3.08. The van der Waals surface area contributed by atoms with Crippen LogP contribution in [0.4, 0.5) is 14.5 Å². The second kappa shape index (κ2) is 6.65. The van der Waals surface area contributed by atoms with Gasteiger partial charge >= 0.3 is 11.8 Å². The quantitative estimate of drug-likeness (QED) is 0.824. The number of nitrogens with one attached hydrogen (secondary N) is 2. The Morgan fingerprint density at radius 3 is 2.52 bits per heavy atom. The van der Waals surface area contributed by atoms with Crippen LogP contribution in [0.25, 0.3) is 0 Å². The van der Waals surface area contributed by atoms with Gasteiger partial charge in [-0.15, -0.1) is 0 Å². The van der Waals surface area contributed by atoms with Gasteiger partial charge in [0.25, 0.3) is 0 Å². The molecule has 1 aliphatic carbocycles. The third-order valence-corrected chi connectivity index (χ3v) is 3.81. The highest BCUT2D eigenvalue weighted by atomic mass is 19.1. The maximum absolute atomic E-state index is 13.4. The van der Waals surface area contributed by atoms with Gasteiger partial charge in [0.1, 0.15) is 11.6 Å². The monoisotopic (exact) mass is 296 g/mol. The van der Waals surface area contributed by atoms with Crippen molar-refractivity contribution in [3.8, 4) is 0 Å². The molecule has 114 valence electrons. The van der Waals surface area contributed by atoms with Crippen LogP contribution in [0.2, 0.25) is 0 Å². The predicted molar refractivity (Wildman–Crippen MR) is 74.6 cm³/mol. The fourth-order valence-corrected chi connectivity index (χ4v) is 2.53. The number of carbonyl (C=O) groups is 2. The molecule has 1 saturated carbocycles. The van der Waals surface area contributed by atoms with Crippen molar-refractivity contribution in [1.29, 1.82) is 0 Å². The lowest BCUT2D eigenvalue weighted by molar-refractivity contribution is -0.137. The third-order valence-electron chi connectivity index (χ3n) is 3.81. The number of amides is 2. The van der Waals surface area contributed by atoms with Gasteiger partial charge in [-0.1, -0.05) is 19.8 Å². The van der Waals surface area contributed by atoms with E-state index in [1.807, 2.05) is 6.92 Å². The number of carbonyl (C=O) groups excluding carboxylic acids is 2. The third kappa shape index (κ3) is 4.00. The fraction of sp³-hybridized carbons (Fsp3) is 0.467. The molecule has 0 saturated heterocycles. The van der Waals surface area contributed by atoms with Crippen LogP contribution in [0.1, 0.15) is 32.6 Å². The first kappa shape index (κ1) is 15.4. The molecular weight excluding hydrogens is 278 g/mol. The van der Waals surface area contributed by atoms with Crippen LogP contribution in [-0.2, 0) is 9.59 Å². The summed E-state index contributed by atoms with van der Waals surface area (Å²) in [5.41, 5.74) is -0.215. The van der Waals surface area contributed by atoms with Crippen molar-refractivity contribution in [1.82, 2.24) is 5.32 Å². The van der Waals surface area contributed by atoms with E-state index in [9.17, 15) is 18.4 Å². The van der Waals surface area contributed by atoms with E-state index in [2.05, 4.69) is 10.6 Å². The first-order valence-corrected chi connectivity index (χ1v) is 7.04. The molecule has 2 N–H and O–H groups in total. The van der Waals surface area contributed by atoms with Gasteiger partial charge in [-0.05, 0) is 30.9 Å². The maximum atomic E-state index is 13.4. The Morgan fingerprint density at radius 2 is 1.86 bits per heavy atom. The zero-order valence-corrected chi connectivity index (χ0v) is 11.8. The van der Waals surface area contributed by atoms with Crippen molar-refractivity contribution in [3.63, 3.8) is 0 Å². The molecule has 0 aliphatic heterocycles. The lowest BCUT2D eigenvalue weighted by atomic mass is 9.86. The zero-order valence-electron chi connectivity index (χ0n) is 11.8. The number of benzene rings is 1. The molecule has 21 heavy (non-hydrogen) atoms. The summed E-state index contributed by atoms with van der Waals surface area (Å²) >= 11 is 0. The summed E-state index contributed by atoms with van der Waals surface area (Å²) in [6.07, 6.45) is 3.99. The molecule has 2 rings (SSSR count). The van der Waals surface area contributed by atoms with Gasteiger partial charge in [0.05, 0.1) is 5.69 Å². The van der Waals surface area contributed by atoms with Gasteiger partial charge in [-0.2, -0.15) is 0 Å². The first-order chi connectivity index (χ1) is 9.97. The number of hydrogen-bond acceptors (Lipinski definition) is 2. The van der Waals surface area contributed by atoms with E-state index in [0.29, 0.717) is 12.0 Å². The minimum Gasteiger partial charge on any atom is -0.345 e. The molecule has 1 aromatic carbocycles. The summed E-state index contributed by atoms with van der Waals surface area (Å²) in [7, 11) is 0. The normalized spacial score (nSPS) is 21.7. The van der Waals surface area contributed by atoms with Crippen LogP contribution in [-0.4, -0.2) is 17.9 Å². The van der Waals surface area contributed by atoms with E-state index in [0.717, 1.165) is 37.8 Å². The number of halogens is 2. The van der Waals surface area contributed by atoms with Crippen LogP contribution in [0.5, 0.6) is 0 Å². The summed E-state index contributed by atoms with van der Waals surface area (Å²) in [6.45, 7) is 2.03. The highest BCUT2D eigenvalue weighted by molar-refractivity contribution is 6.39. The van der Waals surface area contributed by atoms with Crippen LogP contribution in [0.3, 0.4) is 0 Å². The van der Waals surface area contributed by atoms with Crippen molar-refractivity contribution in [2.45, 2.75) is 38.6 Å². The Balaban J connectivity index is 1.94. The van der Waals surface area contributed by atoms with E-state index in [1.54, 1.807) is 0 Å². The Labute approximate surface area is 121 Å². The summed E-state index contributed by atoms with van der Waals surface area (Å²) in [4.78, 5) is 23.6. The van der Waals surface area contributed by atoms with Crippen LogP contribution >= 0.6 is 0 Å². The van der Waals surface area contributed by atoms with Gasteiger partial charge in [0, 0.05) is 12.1 Å². The van der Waals surface area contributed by atoms with Gasteiger partial charge < -0.3 is 10.6 Å². The van der Waals surface area contributed by atoms with E-state index in [-0.39, 0.29) is 11.7 Å². The molecule has 1 aliphatic rings. The Morgan fingerprint density at radius 1 is 1.14 bits per heavy atom. The fourth-order valence-electron chi connectivity index (χ4n) is 2.53. The van der Waals surface area contributed by atoms with Crippen LogP contribution in [0, 0.1) is 17.6 Å². The molecule has 0 spiro atoms. The summed E-state index contributed by atoms with van der Waals surface area (Å²) < 4.78 is 26.2. The van der Waals surface area contributed by atoms with Gasteiger partial charge in [-0.25, -0.2) is 8.78 Å². The number of rotatable bonds is 2. The minimum absolute atomic E-state index is 0.0323. The Kier molecular flexibility index (Phi) is 4.88. The maximum Gasteiger partial charge on any atom is 0.313 e. The zero-order chi connectivity index (χ0) is 15.4. The van der Waals surface area contributed by atoms with Crippen molar-refractivity contribution in [3.05, 3.63) is 29.8 Å². The molecule has 0 bridgehead atoms. The molecule has 4 nitrogen and oxygen atoms in total. The second-order valence-electron chi connectivity index (χ2n) is 5.42. The smallest absolute Gasteiger partial charge is 0.313 e. The van der Waals surface area contributed by atoms with E-state index < -0.39 is 23.4 Å². The SMILES string of the molecule is C[C@@H]1CCCC[C@@H]1NC(=O)C(=O)Nc1ccc(F)cc1F. The van der Waals surface area contributed by atoms with Crippen LogP contribution in [0.15, 0.2) is 18.2 Å². The molecule has 0 aromatic heterocycles. The van der Waals surface area contributed by atoms with Crippen LogP contribution < -0.4 is 10.6 Å². The molecule has 6 heteroatoms. The summed E-state index contributed by atoms with van der Waals surface area (Å²) in [5, 5.41) is 4.82.